The summed E-state index contributed by atoms with van der Waals surface area (Å²) in [5, 5.41) is 3.97. The van der Waals surface area contributed by atoms with Crippen LogP contribution < -0.4 is 19.2 Å². The number of amides is 2. The zero-order valence-corrected chi connectivity index (χ0v) is 23.7. The molecule has 1 fully saturated rings. The number of morpholine rings is 1. The second-order valence-corrected chi connectivity index (χ2v) is 11.0. The van der Waals surface area contributed by atoms with E-state index in [0.29, 0.717) is 43.4 Å². The van der Waals surface area contributed by atoms with Crippen molar-refractivity contribution >= 4 is 33.7 Å². The summed E-state index contributed by atoms with van der Waals surface area (Å²) >= 11 is 0. The van der Waals surface area contributed by atoms with Crippen LogP contribution in [0.4, 0.5) is 5.69 Å². The maximum Gasteiger partial charge on any atom is 0.264 e. The fourth-order valence-corrected chi connectivity index (χ4v) is 5.45. The lowest BCUT2D eigenvalue weighted by atomic mass is 10.2. The van der Waals surface area contributed by atoms with Gasteiger partial charge in [0.1, 0.15) is 18.0 Å². The smallest absolute Gasteiger partial charge is 0.264 e. The van der Waals surface area contributed by atoms with Gasteiger partial charge in [0, 0.05) is 13.1 Å². The molecule has 1 heterocycles. The highest BCUT2D eigenvalue weighted by Gasteiger charge is 2.29. The summed E-state index contributed by atoms with van der Waals surface area (Å²) in [6.07, 6.45) is 1.42. The molecule has 3 aromatic rings. The number of hydrazone groups is 1. The molecular formula is C29H32N4O7S. The second-order valence-electron chi connectivity index (χ2n) is 9.14. The van der Waals surface area contributed by atoms with Crippen molar-refractivity contribution in [3.05, 3.63) is 83.9 Å². The number of aryl methyl sites for hydroxylation is 1. The number of nitrogens with zero attached hydrogens (tertiary/aromatic N) is 3. The van der Waals surface area contributed by atoms with E-state index in [9.17, 15) is 18.0 Å². The van der Waals surface area contributed by atoms with Gasteiger partial charge in [-0.3, -0.25) is 13.9 Å². The minimum Gasteiger partial charge on any atom is -0.495 e. The van der Waals surface area contributed by atoms with E-state index < -0.39 is 22.5 Å². The van der Waals surface area contributed by atoms with Crippen LogP contribution in [0.5, 0.6) is 11.5 Å². The largest absolute Gasteiger partial charge is 0.495 e. The van der Waals surface area contributed by atoms with Crippen molar-refractivity contribution in [2.45, 2.75) is 11.8 Å². The van der Waals surface area contributed by atoms with E-state index in [2.05, 4.69) is 10.5 Å². The first-order valence-electron chi connectivity index (χ1n) is 12.9. The average molecular weight is 581 g/mol. The number of anilines is 1. The van der Waals surface area contributed by atoms with Crippen molar-refractivity contribution in [2.24, 2.45) is 5.10 Å². The van der Waals surface area contributed by atoms with E-state index in [1.807, 2.05) is 6.92 Å². The van der Waals surface area contributed by atoms with Gasteiger partial charge in [0.05, 0.1) is 37.1 Å². The predicted octanol–water partition coefficient (Wildman–Crippen LogP) is 2.59. The van der Waals surface area contributed by atoms with Crippen LogP contribution in [0.25, 0.3) is 0 Å². The summed E-state index contributed by atoms with van der Waals surface area (Å²) in [4.78, 5) is 26.8. The molecule has 1 aliphatic heterocycles. The molecule has 0 saturated carbocycles. The molecule has 2 amide bonds. The van der Waals surface area contributed by atoms with E-state index in [-0.39, 0.29) is 23.1 Å². The molecule has 3 aromatic carbocycles. The average Bonchev–Trinajstić information content (AvgIpc) is 3.00. The van der Waals surface area contributed by atoms with Crippen molar-refractivity contribution in [3.63, 3.8) is 0 Å². The second kappa shape index (κ2) is 13.8. The van der Waals surface area contributed by atoms with Gasteiger partial charge in [0.15, 0.2) is 6.61 Å². The Labute approximate surface area is 239 Å². The highest BCUT2D eigenvalue weighted by molar-refractivity contribution is 7.92. The molecule has 1 saturated heterocycles. The summed E-state index contributed by atoms with van der Waals surface area (Å²) in [5.74, 6) is 0.0626. The molecule has 0 unspecified atom stereocenters. The zero-order chi connectivity index (χ0) is 29.2. The summed E-state index contributed by atoms with van der Waals surface area (Å²) in [6, 6.07) is 19.7. The van der Waals surface area contributed by atoms with E-state index in [0.717, 1.165) is 9.87 Å². The van der Waals surface area contributed by atoms with E-state index >= 15 is 0 Å². The Bertz CT molecular complexity index is 1470. The van der Waals surface area contributed by atoms with Crippen molar-refractivity contribution in [1.29, 1.82) is 0 Å². The zero-order valence-electron chi connectivity index (χ0n) is 22.9. The number of ether oxygens (including phenoxy) is 3. The third kappa shape index (κ3) is 7.83. The van der Waals surface area contributed by atoms with Gasteiger partial charge in [-0.1, -0.05) is 29.8 Å². The summed E-state index contributed by atoms with van der Waals surface area (Å²) in [5.41, 5.74) is 4.17. The van der Waals surface area contributed by atoms with Crippen LogP contribution in [-0.4, -0.2) is 77.9 Å². The molecule has 0 bridgehead atoms. The number of rotatable bonds is 11. The molecule has 4 rings (SSSR count). The van der Waals surface area contributed by atoms with E-state index in [1.54, 1.807) is 65.6 Å². The number of hydrogen-bond donors (Lipinski definition) is 1. The monoisotopic (exact) mass is 580 g/mol. The van der Waals surface area contributed by atoms with Crippen LogP contribution in [0.15, 0.2) is 82.8 Å². The van der Waals surface area contributed by atoms with Crippen molar-refractivity contribution in [2.75, 3.05) is 50.9 Å². The van der Waals surface area contributed by atoms with Crippen LogP contribution in [0.3, 0.4) is 0 Å². The predicted molar refractivity (Wildman–Crippen MR) is 154 cm³/mol. The van der Waals surface area contributed by atoms with Crippen LogP contribution in [0.2, 0.25) is 0 Å². The lowest BCUT2D eigenvalue weighted by Gasteiger charge is -2.26. The normalized spacial score (nSPS) is 13.6. The standard InChI is InChI=1S/C29H32N4O7S/c1-22-7-13-25(14-8-22)41(36,37)33(26-5-3-4-6-27(26)38-2)20-28(34)31-30-19-23-9-11-24(12-10-23)40-21-29(35)32-15-17-39-18-16-32/h3-14,19H,15-18,20-21H2,1-2H3,(H,31,34)/b30-19-. The van der Waals surface area contributed by atoms with Gasteiger partial charge in [0.25, 0.3) is 21.8 Å². The highest BCUT2D eigenvalue weighted by Crippen LogP contribution is 2.32. The molecule has 216 valence electrons. The minimum atomic E-state index is -4.11. The van der Waals surface area contributed by atoms with Gasteiger partial charge in [-0.15, -0.1) is 0 Å². The minimum absolute atomic E-state index is 0.0410. The lowest BCUT2D eigenvalue weighted by Crippen LogP contribution is -2.42. The Morgan fingerprint density at radius 1 is 1.02 bits per heavy atom. The Hall–Kier alpha value is -4.42. The van der Waals surface area contributed by atoms with Gasteiger partial charge >= 0.3 is 0 Å². The van der Waals surface area contributed by atoms with Gasteiger partial charge in [0.2, 0.25) is 0 Å². The Kier molecular flexibility index (Phi) is 9.93. The first-order valence-corrected chi connectivity index (χ1v) is 14.3. The fourth-order valence-electron chi connectivity index (χ4n) is 4.02. The lowest BCUT2D eigenvalue weighted by molar-refractivity contribution is -0.137. The van der Waals surface area contributed by atoms with Crippen LogP contribution in [0.1, 0.15) is 11.1 Å². The molecule has 0 aromatic heterocycles. The van der Waals surface area contributed by atoms with E-state index in [1.165, 1.54) is 25.5 Å². The molecule has 11 nitrogen and oxygen atoms in total. The Morgan fingerprint density at radius 2 is 1.71 bits per heavy atom. The quantitative estimate of drug-likeness (QED) is 0.273. The maximum absolute atomic E-state index is 13.6. The molecule has 41 heavy (non-hydrogen) atoms. The molecule has 0 radical (unpaired) electrons. The third-order valence-electron chi connectivity index (χ3n) is 6.26. The number of nitrogens with one attached hydrogen (secondary N) is 1. The van der Waals surface area contributed by atoms with Crippen LogP contribution >= 0.6 is 0 Å². The molecule has 1 aliphatic rings. The van der Waals surface area contributed by atoms with Crippen molar-refractivity contribution in [3.8, 4) is 11.5 Å². The number of sulfonamides is 1. The van der Waals surface area contributed by atoms with Crippen LogP contribution in [0, 0.1) is 6.92 Å². The SMILES string of the molecule is COc1ccccc1N(CC(=O)N/N=C\c1ccc(OCC(=O)N2CCOCC2)cc1)S(=O)(=O)c1ccc(C)cc1. The van der Waals surface area contributed by atoms with E-state index in [4.69, 9.17) is 14.2 Å². The third-order valence-corrected chi connectivity index (χ3v) is 8.03. The summed E-state index contributed by atoms with van der Waals surface area (Å²) in [7, 11) is -2.68. The Morgan fingerprint density at radius 3 is 2.39 bits per heavy atom. The maximum atomic E-state index is 13.6. The van der Waals surface area contributed by atoms with Crippen LogP contribution in [-0.2, 0) is 24.3 Å². The molecule has 1 N–H and O–H groups in total. The topological polar surface area (TPSA) is 127 Å². The first-order chi connectivity index (χ1) is 19.8. The number of methoxy groups -OCH3 is 1. The number of hydrogen-bond acceptors (Lipinski definition) is 8. The summed E-state index contributed by atoms with van der Waals surface area (Å²) in [6.45, 7) is 3.41. The van der Waals surface area contributed by atoms with Gasteiger partial charge in [-0.05, 0) is 61.0 Å². The number of benzene rings is 3. The Balaban J connectivity index is 1.39. The van der Waals surface area contributed by atoms with Crippen molar-refractivity contribution < 1.29 is 32.2 Å². The number of carbonyl (C=O) groups is 2. The number of carbonyl (C=O) groups excluding carboxylic acids is 2. The number of para-hydroxylation sites is 2. The van der Waals surface area contributed by atoms with Gasteiger partial charge in [-0.2, -0.15) is 5.10 Å². The van der Waals surface area contributed by atoms with Crippen molar-refractivity contribution in [1.82, 2.24) is 10.3 Å². The molecule has 0 spiro atoms. The molecule has 0 atom stereocenters. The molecule has 0 aliphatic carbocycles. The van der Waals surface area contributed by atoms with Gasteiger partial charge in [-0.25, -0.2) is 13.8 Å². The molecule has 12 heteroatoms. The fraction of sp³-hybridized carbons (Fsp3) is 0.276. The first kappa shape index (κ1) is 29.6. The van der Waals surface area contributed by atoms with Gasteiger partial charge < -0.3 is 19.1 Å². The summed E-state index contributed by atoms with van der Waals surface area (Å²) < 4.78 is 44.3. The molecular weight excluding hydrogens is 548 g/mol. The highest BCUT2D eigenvalue weighted by atomic mass is 32.2.